The molecule has 0 saturated heterocycles. The molecule has 6 rings (SSSR count). The summed E-state index contributed by atoms with van der Waals surface area (Å²) in [5.41, 5.74) is 8.79. The van der Waals surface area contributed by atoms with Crippen molar-refractivity contribution in [2.75, 3.05) is 0 Å². The molecule has 3 aromatic rings. The number of thiol groups is 1. The first-order chi connectivity index (χ1) is 14.3. The summed E-state index contributed by atoms with van der Waals surface area (Å²) in [6, 6.07) is 21.3. The fourth-order valence-electron chi connectivity index (χ4n) is 4.98. The van der Waals surface area contributed by atoms with E-state index >= 15 is 0 Å². The van der Waals surface area contributed by atoms with Gasteiger partial charge in [-0.2, -0.15) is 0 Å². The van der Waals surface area contributed by atoms with Crippen molar-refractivity contribution in [2.45, 2.75) is 11.7 Å². The Labute approximate surface area is 200 Å². The molecule has 0 nitrogen and oxygen atoms in total. The summed E-state index contributed by atoms with van der Waals surface area (Å²) >= 11 is 0.589. The van der Waals surface area contributed by atoms with E-state index in [-0.39, 0.29) is 0 Å². The van der Waals surface area contributed by atoms with Gasteiger partial charge in [-0.05, 0) is 0 Å². The molecular weight excluding hydrogens is 594 g/mol. The van der Waals surface area contributed by atoms with Crippen LogP contribution in [-0.2, 0) is 21.4 Å². The molecule has 1 unspecified atom stereocenters. The molecule has 30 heavy (non-hydrogen) atoms. The Bertz CT molecular complexity index is 1320. The number of hydrogen-bond donors (Lipinski definition) is 1. The van der Waals surface area contributed by atoms with E-state index in [1.807, 2.05) is 11.8 Å². The van der Waals surface area contributed by atoms with Gasteiger partial charge in [0.15, 0.2) is 0 Å². The number of allylic oxidation sites excluding steroid dienone is 1. The second-order valence-corrected chi connectivity index (χ2v) is 36.5. The second-order valence-electron chi connectivity index (χ2n) is 8.04. The summed E-state index contributed by atoms with van der Waals surface area (Å²) in [5, 5.41) is 0.309. The molecule has 3 aliphatic rings. The number of fused-ring (bicyclic) bond motifs is 6. The third-order valence-corrected chi connectivity index (χ3v) is 22.5. The number of hydrogen-bond acceptors (Lipinski definition) is 2. The van der Waals surface area contributed by atoms with Gasteiger partial charge in [-0.1, -0.05) is 0 Å². The predicted octanol–water partition coefficient (Wildman–Crippen LogP) is 7.47. The maximum atomic E-state index is 7.54. The van der Waals surface area contributed by atoms with Gasteiger partial charge in [0.05, 0.1) is 0 Å². The average Bonchev–Trinajstić information content (AvgIpc) is 3.36. The average molecular weight is 611 g/mol. The Morgan fingerprint density at radius 3 is 2.50 bits per heavy atom. The van der Waals surface area contributed by atoms with Crippen molar-refractivity contribution in [3.8, 4) is 11.1 Å². The Morgan fingerprint density at radius 2 is 1.63 bits per heavy atom. The standard InChI is InChI=1S/C13H9.C11H6BrS.2ClH.H2S.Zr/c1-3-7-12-10(5-1)9-11-6-2-4-8-13(11)12;12-10-6-8-5-7-3-1-2-4-9(7)11(8)13-10;;;;/h1-7H,9H2;1-2,4-6,11H;2*1H;1H2;/q;;;;;+3/p-3. The Balaban J connectivity index is 1.60. The van der Waals surface area contributed by atoms with Crippen molar-refractivity contribution in [3.05, 3.63) is 98.4 Å². The van der Waals surface area contributed by atoms with E-state index in [4.69, 9.17) is 26.4 Å². The molecule has 1 atom stereocenters. The van der Waals surface area contributed by atoms with E-state index in [1.165, 1.54) is 37.2 Å². The van der Waals surface area contributed by atoms with Crippen LogP contribution in [0, 0.1) is 0 Å². The van der Waals surface area contributed by atoms with Crippen LogP contribution in [0.15, 0.2) is 76.1 Å². The summed E-state index contributed by atoms with van der Waals surface area (Å²) in [5.74, 6) is 0. The number of halogens is 3. The molecule has 1 heterocycles. The fourth-order valence-corrected chi connectivity index (χ4v) is 18.9. The minimum absolute atomic E-state index is 0.309. The molecule has 149 valence electrons. The van der Waals surface area contributed by atoms with E-state index in [0.29, 0.717) is 5.25 Å². The summed E-state index contributed by atoms with van der Waals surface area (Å²) in [4.78, 5) is 0. The molecule has 0 spiro atoms. The van der Waals surface area contributed by atoms with Crippen LogP contribution < -0.4 is 6.54 Å². The van der Waals surface area contributed by atoms with E-state index in [1.54, 1.807) is 0 Å². The molecular formula is C24H16BrCl2S2Zr. The molecule has 0 N–H and O–H groups in total. The summed E-state index contributed by atoms with van der Waals surface area (Å²) in [6.07, 6.45) is 5.36. The molecule has 1 aliphatic heterocycles. The van der Waals surface area contributed by atoms with Gasteiger partial charge in [0.1, 0.15) is 0 Å². The monoisotopic (exact) mass is 607 g/mol. The van der Waals surface area contributed by atoms with Crippen molar-refractivity contribution in [2.24, 2.45) is 0 Å². The summed E-state index contributed by atoms with van der Waals surface area (Å²) < 4.78 is 3.21. The first kappa shape index (κ1) is 20.4. The Hall–Kier alpha value is -0.217. The van der Waals surface area contributed by atoms with Crippen LogP contribution in [0.3, 0.4) is 0 Å². The predicted molar refractivity (Wildman–Crippen MR) is 136 cm³/mol. The quantitative estimate of drug-likeness (QED) is 0.230. The van der Waals surface area contributed by atoms with Crippen molar-refractivity contribution in [3.63, 3.8) is 0 Å². The number of benzene rings is 3. The zero-order valence-corrected chi connectivity index (χ0v) is 23.0. The second kappa shape index (κ2) is 6.89. The molecule has 0 fully saturated rings. The van der Waals surface area contributed by atoms with Crippen LogP contribution in [0.25, 0.3) is 17.2 Å². The molecule has 3 aromatic carbocycles. The van der Waals surface area contributed by atoms with Gasteiger partial charge in [0.2, 0.25) is 0 Å². The first-order valence-electron chi connectivity index (χ1n) is 9.73. The topological polar surface area (TPSA) is 0 Å². The third kappa shape index (κ3) is 2.91. The molecule has 2 aliphatic carbocycles. The SMILES string of the molecule is [SH][Zr]([Cl])([Cl])([c]1cccc2c1C=C1C=C(Br)SC12)[c]1cccc2c1-c1ccccc1C2. The van der Waals surface area contributed by atoms with E-state index < -0.39 is 14.9 Å². The Kier molecular flexibility index (Phi) is 4.68. The molecule has 0 bridgehead atoms. The molecule has 0 amide bonds. The van der Waals surface area contributed by atoms with E-state index in [0.717, 1.165) is 18.5 Å². The first-order valence-corrected chi connectivity index (χ1v) is 23.9. The molecule has 0 saturated carbocycles. The summed E-state index contributed by atoms with van der Waals surface area (Å²) in [7, 11) is 20.3. The van der Waals surface area contributed by atoms with Gasteiger partial charge in [-0.25, -0.2) is 0 Å². The van der Waals surface area contributed by atoms with Crippen molar-refractivity contribution in [1.82, 2.24) is 0 Å². The van der Waals surface area contributed by atoms with Crippen LogP contribution in [0.4, 0.5) is 0 Å². The van der Waals surface area contributed by atoms with E-state index in [2.05, 4.69) is 88.7 Å². The van der Waals surface area contributed by atoms with Gasteiger partial charge in [-0.3, -0.25) is 0 Å². The minimum atomic E-state index is -4.87. The molecule has 6 heteroatoms. The zero-order valence-electron chi connectivity index (χ0n) is 15.7. The van der Waals surface area contributed by atoms with Crippen molar-refractivity contribution >= 4 is 66.7 Å². The molecule has 0 aromatic heterocycles. The number of rotatable bonds is 2. The van der Waals surface area contributed by atoms with Gasteiger partial charge >= 0.3 is 203 Å². The van der Waals surface area contributed by atoms with Gasteiger partial charge in [-0.15, -0.1) is 0 Å². The van der Waals surface area contributed by atoms with Gasteiger partial charge in [0.25, 0.3) is 0 Å². The Morgan fingerprint density at radius 1 is 0.900 bits per heavy atom. The van der Waals surface area contributed by atoms with Crippen molar-refractivity contribution < 1.29 is 14.9 Å². The van der Waals surface area contributed by atoms with Gasteiger partial charge < -0.3 is 0 Å². The van der Waals surface area contributed by atoms with Crippen LogP contribution in [0.2, 0.25) is 0 Å². The summed E-state index contributed by atoms with van der Waals surface area (Å²) in [6.45, 7) is 0. The zero-order chi connectivity index (χ0) is 20.7. The van der Waals surface area contributed by atoms with Crippen LogP contribution >= 0.6 is 54.1 Å². The van der Waals surface area contributed by atoms with E-state index in [9.17, 15) is 0 Å². The van der Waals surface area contributed by atoms with Gasteiger partial charge in [0, 0.05) is 0 Å². The van der Waals surface area contributed by atoms with Crippen LogP contribution in [-0.4, -0.2) is 0 Å². The fraction of sp³-hybridized carbons (Fsp3) is 0.0833. The third-order valence-electron chi connectivity index (χ3n) is 6.28. The number of thioether (sulfide) groups is 1. The van der Waals surface area contributed by atoms with Crippen LogP contribution in [0.5, 0.6) is 0 Å². The maximum absolute atomic E-state index is 7.54. The molecule has 0 radical (unpaired) electrons. The van der Waals surface area contributed by atoms with Crippen molar-refractivity contribution in [1.29, 1.82) is 0 Å². The normalized spacial score (nSPS) is 19.9. The van der Waals surface area contributed by atoms with Crippen LogP contribution in [0.1, 0.15) is 27.5 Å².